The number of rotatable bonds is 7. The number of amides is 1. The zero-order valence-corrected chi connectivity index (χ0v) is 16.5. The van der Waals surface area contributed by atoms with Gasteiger partial charge in [0.25, 0.3) is 0 Å². The number of likely N-dealkylation sites (N-methyl/N-ethyl adjacent to an activating group) is 1. The van der Waals surface area contributed by atoms with Crippen molar-refractivity contribution in [3.8, 4) is 0 Å². The predicted octanol–water partition coefficient (Wildman–Crippen LogP) is 2.21. The summed E-state index contributed by atoms with van der Waals surface area (Å²) in [7, 11) is -3.70. The summed E-state index contributed by atoms with van der Waals surface area (Å²) in [6.07, 6.45) is 0.940. The van der Waals surface area contributed by atoms with Crippen molar-refractivity contribution in [3.05, 3.63) is 42.0 Å². The van der Waals surface area contributed by atoms with E-state index in [1.165, 1.54) is 28.6 Å². The van der Waals surface area contributed by atoms with Gasteiger partial charge in [0.2, 0.25) is 15.9 Å². The molecule has 1 aromatic carbocycles. The van der Waals surface area contributed by atoms with Gasteiger partial charge in [-0.1, -0.05) is 12.2 Å². The van der Waals surface area contributed by atoms with E-state index in [9.17, 15) is 18.0 Å². The molecule has 7 nitrogen and oxygen atoms in total. The number of sulfonamides is 1. The van der Waals surface area contributed by atoms with E-state index in [1.54, 1.807) is 4.90 Å². The lowest BCUT2D eigenvalue weighted by Crippen LogP contribution is -2.44. The van der Waals surface area contributed by atoms with E-state index in [0.29, 0.717) is 25.9 Å². The number of hydrogen-bond acceptors (Lipinski definition) is 4. The molecule has 1 N–H and O–H groups in total. The molecule has 8 heteroatoms. The second-order valence-corrected chi connectivity index (χ2v) is 8.76. The number of piperidine rings is 1. The maximum absolute atomic E-state index is 12.8. The van der Waals surface area contributed by atoms with Gasteiger partial charge in [0, 0.05) is 32.1 Å². The van der Waals surface area contributed by atoms with E-state index in [-0.39, 0.29) is 35.4 Å². The fourth-order valence-corrected chi connectivity index (χ4v) is 4.66. The lowest BCUT2D eigenvalue weighted by molar-refractivity contribution is -0.136. The predicted molar refractivity (Wildman–Crippen MR) is 102 cm³/mol. The third kappa shape index (κ3) is 4.95. The summed E-state index contributed by atoms with van der Waals surface area (Å²) in [6.45, 7) is 9.29. The molecule has 0 aliphatic carbocycles. The van der Waals surface area contributed by atoms with E-state index >= 15 is 0 Å². The van der Waals surface area contributed by atoms with Gasteiger partial charge in [0.1, 0.15) is 0 Å². The first-order chi connectivity index (χ1) is 12.7. The Morgan fingerprint density at radius 2 is 1.78 bits per heavy atom. The normalized spacial score (nSPS) is 16.1. The Labute approximate surface area is 160 Å². The van der Waals surface area contributed by atoms with Crippen molar-refractivity contribution in [3.63, 3.8) is 0 Å². The van der Waals surface area contributed by atoms with Gasteiger partial charge in [-0.05, 0) is 51.0 Å². The minimum Gasteiger partial charge on any atom is -0.478 e. The monoisotopic (exact) mass is 394 g/mol. The lowest BCUT2D eigenvalue weighted by atomic mass is 9.96. The summed E-state index contributed by atoms with van der Waals surface area (Å²) in [5.41, 5.74) is 0.949. The van der Waals surface area contributed by atoms with Gasteiger partial charge in [0.05, 0.1) is 10.5 Å². The third-order valence-corrected chi connectivity index (χ3v) is 6.61. The topological polar surface area (TPSA) is 95.0 Å². The molecule has 27 heavy (non-hydrogen) atoms. The van der Waals surface area contributed by atoms with Crippen molar-refractivity contribution in [2.24, 2.45) is 5.92 Å². The molecule has 0 bridgehead atoms. The quantitative estimate of drug-likeness (QED) is 0.716. The van der Waals surface area contributed by atoms with Crippen molar-refractivity contribution in [2.45, 2.75) is 31.6 Å². The van der Waals surface area contributed by atoms with Crippen LogP contribution in [-0.2, 0) is 14.8 Å². The maximum atomic E-state index is 12.8. The minimum absolute atomic E-state index is 0.0374. The molecule has 1 saturated heterocycles. The maximum Gasteiger partial charge on any atom is 0.335 e. The molecule has 148 valence electrons. The smallest absolute Gasteiger partial charge is 0.335 e. The number of carbonyl (C=O) groups is 2. The van der Waals surface area contributed by atoms with Crippen LogP contribution in [0.25, 0.3) is 0 Å². The summed E-state index contributed by atoms with van der Waals surface area (Å²) >= 11 is 0. The highest BCUT2D eigenvalue weighted by Crippen LogP contribution is 2.25. The number of hydrogen-bond donors (Lipinski definition) is 1. The summed E-state index contributed by atoms with van der Waals surface area (Å²) in [4.78, 5) is 25.4. The molecule has 2 rings (SSSR count). The number of carbonyl (C=O) groups excluding carboxylic acids is 1. The Bertz CT molecular complexity index is 809. The zero-order valence-electron chi connectivity index (χ0n) is 15.7. The second-order valence-electron chi connectivity index (χ2n) is 6.82. The van der Waals surface area contributed by atoms with Crippen LogP contribution >= 0.6 is 0 Å². The van der Waals surface area contributed by atoms with Crippen LogP contribution in [0.2, 0.25) is 0 Å². The Kier molecular flexibility index (Phi) is 6.78. The molecule has 0 radical (unpaired) electrons. The van der Waals surface area contributed by atoms with Crippen LogP contribution in [0.4, 0.5) is 0 Å². The van der Waals surface area contributed by atoms with Crippen LogP contribution in [0.5, 0.6) is 0 Å². The molecule has 1 aliphatic rings. The van der Waals surface area contributed by atoms with Crippen molar-refractivity contribution in [1.29, 1.82) is 0 Å². The lowest BCUT2D eigenvalue weighted by Gasteiger charge is -2.33. The van der Waals surface area contributed by atoms with E-state index in [0.717, 1.165) is 5.57 Å². The highest BCUT2D eigenvalue weighted by molar-refractivity contribution is 7.89. The summed E-state index contributed by atoms with van der Waals surface area (Å²) in [5.74, 6) is -1.25. The SMILES string of the molecule is C=C(C)CN(CC)C(=O)C1CCN(S(=O)(=O)c2ccc(C(=O)O)cc2)CC1. The van der Waals surface area contributed by atoms with Crippen LogP contribution in [0.3, 0.4) is 0 Å². The first-order valence-corrected chi connectivity index (χ1v) is 10.4. The third-order valence-electron chi connectivity index (χ3n) is 4.70. The molecule has 1 aromatic rings. The first-order valence-electron chi connectivity index (χ1n) is 8.93. The van der Waals surface area contributed by atoms with Crippen molar-refractivity contribution in [2.75, 3.05) is 26.2 Å². The Balaban J connectivity index is 2.04. The fourth-order valence-electron chi connectivity index (χ4n) is 3.19. The van der Waals surface area contributed by atoms with Gasteiger partial charge in [0.15, 0.2) is 0 Å². The molecule has 1 heterocycles. The Morgan fingerprint density at radius 1 is 1.22 bits per heavy atom. The van der Waals surface area contributed by atoms with E-state index < -0.39 is 16.0 Å². The zero-order chi connectivity index (χ0) is 20.2. The number of benzene rings is 1. The van der Waals surface area contributed by atoms with E-state index in [4.69, 9.17) is 5.11 Å². The number of aromatic carboxylic acids is 1. The number of carboxylic acids is 1. The standard InChI is InChI=1S/C19H26N2O5S/c1-4-20(13-14(2)3)18(22)15-9-11-21(12-10-15)27(25,26)17-7-5-16(6-8-17)19(23)24/h5-8,15H,2,4,9-13H2,1,3H3,(H,23,24). The number of carboxylic acid groups (broad SMARTS) is 1. The van der Waals surface area contributed by atoms with E-state index in [2.05, 4.69) is 6.58 Å². The van der Waals surface area contributed by atoms with Crippen LogP contribution < -0.4 is 0 Å². The minimum atomic E-state index is -3.70. The van der Waals surface area contributed by atoms with Crippen molar-refractivity contribution >= 4 is 21.9 Å². The fraction of sp³-hybridized carbons (Fsp3) is 0.474. The van der Waals surface area contributed by atoms with Gasteiger partial charge in [-0.25, -0.2) is 13.2 Å². The average molecular weight is 394 g/mol. The van der Waals surface area contributed by atoms with Crippen LogP contribution in [-0.4, -0.2) is 60.8 Å². The first kappa shape index (κ1) is 21.1. The van der Waals surface area contributed by atoms with E-state index in [1.807, 2.05) is 13.8 Å². The van der Waals surface area contributed by atoms with Gasteiger partial charge < -0.3 is 10.0 Å². The van der Waals surface area contributed by atoms with Crippen molar-refractivity contribution < 1.29 is 23.1 Å². The molecular formula is C19H26N2O5S. The second kappa shape index (κ2) is 8.67. The molecule has 0 saturated carbocycles. The van der Waals surface area contributed by atoms with Crippen LogP contribution in [0.15, 0.2) is 41.3 Å². The molecule has 1 aliphatic heterocycles. The van der Waals surface area contributed by atoms with Gasteiger partial charge in [-0.2, -0.15) is 4.31 Å². The Morgan fingerprint density at radius 3 is 2.22 bits per heavy atom. The largest absolute Gasteiger partial charge is 0.478 e. The molecule has 0 atom stereocenters. The van der Waals surface area contributed by atoms with Gasteiger partial charge >= 0.3 is 5.97 Å². The molecule has 1 amide bonds. The van der Waals surface area contributed by atoms with Gasteiger partial charge in [-0.15, -0.1) is 0 Å². The highest BCUT2D eigenvalue weighted by Gasteiger charge is 2.33. The molecular weight excluding hydrogens is 368 g/mol. The summed E-state index contributed by atoms with van der Waals surface area (Å²) in [5, 5.41) is 8.93. The molecule has 0 spiro atoms. The average Bonchev–Trinajstić information content (AvgIpc) is 2.65. The van der Waals surface area contributed by atoms with Crippen molar-refractivity contribution in [1.82, 2.24) is 9.21 Å². The molecule has 0 unspecified atom stereocenters. The Hall–Kier alpha value is -2.19. The van der Waals surface area contributed by atoms with Gasteiger partial charge in [-0.3, -0.25) is 4.79 Å². The highest BCUT2D eigenvalue weighted by atomic mass is 32.2. The summed E-state index contributed by atoms with van der Waals surface area (Å²) < 4.78 is 26.9. The molecule has 0 aromatic heterocycles. The molecule has 1 fully saturated rings. The number of nitrogens with zero attached hydrogens (tertiary/aromatic N) is 2. The summed E-state index contributed by atoms with van der Waals surface area (Å²) in [6, 6.07) is 5.17. The van der Waals surface area contributed by atoms with Crippen LogP contribution in [0, 0.1) is 5.92 Å². The van der Waals surface area contributed by atoms with Crippen LogP contribution in [0.1, 0.15) is 37.0 Å².